The van der Waals surface area contributed by atoms with Gasteiger partial charge in [0, 0.05) is 29.8 Å². The Kier molecular flexibility index (Phi) is 4.87. The third-order valence-corrected chi connectivity index (χ3v) is 5.04. The molecule has 0 radical (unpaired) electrons. The van der Waals surface area contributed by atoms with Crippen LogP contribution in [0.5, 0.6) is 5.75 Å². The van der Waals surface area contributed by atoms with E-state index in [-0.39, 0.29) is 12.0 Å². The Morgan fingerprint density at radius 2 is 1.90 bits per heavy atom. The van der Waals surface area contributed by atoms with Crippen LogP contribution in [-0.2, 0) is 0 Å². The van der Waals surface area contributed by atoms with Crippen molar-refractivity contribution in [2.45, 2.75) is 13.0 Å². The number of hydrogen-bond donors (Lipinski definition) is 0. The van der Waals surface area contributed by atoms with Gasteiger partial charge in [-0.05, 0) is 55.5 Å². The first-order valence-electron chi connectivity index (χ1n) is 9.89. The molecule has 1 amide bonds. The highest BCUT2D eigenvalue weighted by Crippen LogP contribution is 2.25. The molecule has 1 aliphatic heterocycles. The van der Waals surface area contributed by atoms with E-state index in [0.717, 1.165) is 22.6 Å². The van der Waals surface area contributed by atoms with Crippen LogP contribution in [0.2, 0.25) is 0 Å². The molecular weight excluding hydrogens is 394 g/mol. The molecule has 1 aliphatic rings. The van der Waals surface area contributed by atoms with Crippen LogP contribution in [0.25, 0.3) is 22.8 Å². The van der Waals surface area contributed by atoms with Gasteiger partial charge in [0.1, 0.15) is 11.9 Å². The van der Waals surface area contributed by atoms with E-state index in [1.807, 2.05) is 49.4 Å². The van der Waals surface area contributed by atoms with Gasteiger partial charge in [-0.25, -0.2) is 0 Å². The second kappa shape index (κ2) is 7.98. The van der Waals surface area contributed by atoms with Gasteiger partial charge in [-0.2, -0.15) is 4.98 Å². The van der Waals surface area contributed by atoms with Crippen molar-refractivity contribution in [1.29, 1.82) is 0 Å². The maximum absolute atomic E-state index is 12.4. The second-order valence-corrected chi connectivity index (χ2v) is 7.33. The van der Waals surface area contributed by atoms with Crippen LogP contribution in [0.4, 0.5) is 0 Å². The van der Waals surface area contributed by atoms with Crippen molar-refractivity contribution in [2.24, 2.45) is 0 Å². The highest BCUT2D eigenvalue weighted by Gasteiger charge is 2.33. The average molecular weight is 413 g/mol. The maximum Gasteiger partial charge on any atom is 0.259 e. The minimum atomic E-state index is -0.0319. The largest absolute Gasteiger partial charge is 0.487 e. The summed E-state index contributed by atoms with van der Waals surface area (Å²) in [7, 11) is 0. The van der Waals surface area contributed by atoms with E-state index in [4.69, 9.17) is 9.26 Å². The Balaban J connectivity index is 1.18. The molecule has 154 valence electrons. The molecule has 4 aromatic rings. The Morgan fingerprint density at radius 1 is 1.06 bits per heavy atom. The van der Waals surface area contributed by atoms with E-state index in [9.17, 15) is 4.79 Å². The number of nitrogens with zero attached hydrogens (tertiary/aromatic N) is 5. The number of rotatable bonds is 5. The van der Waals surface area contributed by atoms with E-state index in [1.54, 1.807) is 29.6 Å². The zero-order valence-corrected chi connectivity index (χ0v) is 16.8. The molecule has 4 heterocycles. The SMILES string of the molecule is Cc1ccc(C(=O)N2CC(Oc3ccc(-c4noc(-c5cccnc5)n4)cc3)C2)cn1. The zero-order chi connectivity index (χ0) is 21.2. The standard InChI is InChI=1S/C23H19N5O3/c1-15-4-5-18(12-25-15)23(29)28-13-20(14-28)30-19-8-6-16(7-9-19)21-26-22(31-27-21)17-3-2-10-24-11-17/h2-12,20H,13-14H2,1H3. The lowest BCUT2D eigenvalue weighted by molar-refractivity contribution is 0.0177. The van der Waals surface area contributed by atoms with Crippen LogP contribution in [-0.4, -0.2) is 50.1 Å². The summed E-state index contributed by atoms with van der Waals surface area (Å²) in [6.07, 6.45) is 4.95. The number of aromatic nitrogens is 4. The number of carbonyl (C=O) groups is 1. The number of benzene rings is 1. The summed E-state index contributed by atoms with van der Waals surface area (Å²) in [5, 5.41) is 4.04. The summed E-state index contributed by atoms with van der Waals surface area (Å²) in [4.78, 5) is 26.9. The van der Waals surface area contributed by atoms with E-state index < -0.39 is 0 Å². The van der Waals surface area contributed by atoms with Crippen molar-refractivity contribution >= 4 is 5.91 Å². The minimum absolute atomic E-state index is 0.0239. The van der Waals surface area contributed by atoms with Crippen molar-refractivity contribution < 1.29 is 14.1 Å². The molecule has 8 nitrogen and oxygen atoms in total. The molecule has 1 saturated heterocycles. The van der Waals surface area contributed by atoms with Crippen LogP contribution in [0, 0.1) is 6.92 Å². The number of hydrogen-bond acceptors (Lipinski definition) is 7. The molecule has 0 unspecified atom stereocenters. The van der Waals surface area contributed by atoms with Gasteiger partial charge in [0.25, 0.3) is 11.8 Å². The lowest BCUT2D eigenvalue weighted by Crippen LogP contribution is -2.56. The fourth-order valence-corrected chi connectivity index (χ4v) is 3.28. The number of amides is 1. The molecule has 5 rings (SSSR count). The smallest absolute Gasteiger partial charge is 0.259 e. The quantitative estimate of drug-likeness (QED) is 0.495. The van der Waals surface area contributed by atoms with Crippen LogP contribution in [0.15, 0.2) is 71.6 Å². The van der Waals surface area contributed by atoms with Crippen molar-refractivity contribution in [3.05, 3.63) is 78.4 Å². The lowest BCUT2D eigenvalue weighted by atomic mass is 10.1. The fraction of sp³-hybridized carbons (Fsp3) is 0.174. The Bertz CT molecular complexity index is 1180. The monoisotopic (exact) mass is 413 g/mol. The van der Waals surface area contributed by atoms with Crippen LogP contribution < -0.4 is 4.74 Å². The van der Waals surface area contributed by atoms with Crippen molar-refractivity contribution in [2.75, 3.05) is 13.1 Å². The molecule has 3 aromatic heterocycles. The van der Waals surface area contributed by atoms with E-state index in [1.165, 1.54) is 0 Å². The highest BCUT2D eigenvalue weighted by atomic mass is 16.5. The summed E-state index contributed by atoms with van der Waals surface area (Å²) in [6, 6.07) is 14.8. The molecule has 0 saturated carbocycles. The summed E-state index contributed by atoms with van der Waals surface area (Å²) in [5.41, 5.74) is 3.08. The number of pyridine rings is 2. The molecule has 0 spiro atoms. The van der Waals surface area contributed by atoms with E-state index >= 15 is 0 Å². The summed E-state index contributed by atoms with van der Waals surface area (Å²) < 4.78 is 11.3. The number of ether oxygens (including phenoxy) is 1. The Hall–Kier alpha value is -4.07. The molecule has 0 aliphatic carbocycles. The average Bonchev–Trinajstić information content (AvgIpc) is 3.27. The lowest BCUT2D eigenvalue weighted by Gasteiger charge is -2.39. The van der Waals surface area contributed by atoms with Crippen LogP contribution >= 0.6 is 0 Å². The van der Waals surface area contributed by atoms with Gasteiger partial charge in [-0.15, -0.1) is 0 Å². The van der Waals surface area contributed by atoms with E-state index in [2.05, 4.69) is 20.1 Å². The third-order valence-electron chi connectivity index (χ3n) is 5.04. The first-order valence-corrected chi connectivity index (χ1v) is 9.89. The Morgan fingerprint density at radius 3 is 2.61 bits per heavy atom. The highest BCUT2D eigenvalue weighted by molar-refractivity contribution is 5.94. The summed E-state index contributed by atoms with van der Waals surface area (Å²) in [6.45, 7) is 2.99. The van der Waals surface area contributed by atoms with Gasteiger partial charge in [-0.3, -0.25) is 14.8 Å². The van der Waals surface area contributed by atoms with Gasteiger partial charge in [0.15, 0.2) is 0 Å². The predicted octanol–water partition coefficient (Wildman–Crippen LogP) is 3.41. The molecule has 0 atom stereocenters. The topological polar surface area (TPSA) is 94.2 Å². The van der Waals surface area contributed by atoms with Gasteiger partial charge < -0.3 is 14.2 Å². The second-order valence-electron chi connectivity index (χ2n) is 7.33. The first kappa shape index (κ1) is 18.9. The normalized spacial score (nSPS) is 13.6. The van der Waals surface area contributed by atoms with Gasteiger partial charge in [0.2, 0.25) is 5.82 Å². The van der Waals surface area contributed by atoms with Crippen molar-refractivity contribution in [1.82, 2.24) is 25.0 Å². The summed E-state index contributed by atoms with van der Waals surface area (Å²) >= 11 is 0. The summed E-state index contributed by atoms with van der Waals surface area (Å²) in [5.74, 6) is 1.63. The molecule has 31 heavy (non-hydrogen) atoms. The maximum atomic E-state index is 12.4. The Labute approximate surface area is 178 Å². The zero-order valence-electron chi connectivity index (χ0n) is 16.8. The van der Waals surface area contributed by atoms with Crippen molar-refractivity contribution in [3.8, 4) is 28.6 Å². The molecule has 0 N–H and O–H groups in total. The number of likely N-dealkylation sites (tertiary alicyclic amines) is 1. The molecule has 1 fully saturated rings. The molecule has 8 heteroatoms. The van der Waals surface area contributed by atoms with Crippen molar-refractivity contribution in [3.63, 3.8) is 0 Å². The molecule has 0 bridgehead atoms. The fourth-order valence-electron chi connectivity index (χ4n) is 3.28. The number of aryl methyl sites for hydroxylation is 1. The van der Waals surface area contributed by atoms with Gasteiger partial charge >= 0.3 is 0 Å². The number of carbonyl (C=O) groups excluding carboxylic acids is 1. The predicted molar refractivity (Wildman–Crippen MR) is 112 cm³/mol. The van der Waals surface area contributed by atoms with E-state index in [0.29, 0.717) is 30.4 Å². The van der Waals surface area contributed by atoms with Gasteiger partial charge in [-0.1, -0.05) is 5.16 Å². The molecular formula is C23H19N5O3. The third kappa shape index (κ3) is 4.00. The minimum Gasteiger partial charge on any atom is -0.487 e. The van der Waals surface area contributed by atoms with Gasteiger partial charge in [0.05, 0.1) is 24.2 Å². The molecule has 1 aromatic carbocycles. The van der Waals surface area contributed by atoms with Crippen LogP contribution in [0.3, 0.4) is 0 Å². The first-order chi connectivity index (χ1) is 15.2. The van der Waals surface area contributed by atoms with Crippen LogP contribution in [0.1, 0.15) is 16.1 Å².